The second-order valence-electron chi connectivity index (χ2n) is 17.8. The second kappa shape index (κ2) is 27.6. The number of ether oxygens (including phenoxy) is 4. The number of carbonyl (C=O) groups is 2. The van der Waals surface area contributed by atoms with E-state index in [-0.39, 0.29) is 38.0 Å². The summed E-state index contributed by atoms with van der Waals surface area (Å²) in [4.78, 5) is 25.1. The molecule has 2 fully saturated rings. The van der Waals surface area contributed by atoms with Gasteiger partial charge in [0.25, 0.3) is 0 Å². The summed E-state index contributed by atoms with van der Waals surface area (Å²) in [5, 5.41) is 118. The van der Waals surface area contributed by atoms with Crippen molar-refractivity contribution in [2.24, 2.45) is 23.5 Å². The number of allylic oxidation sites excluding steroid dienone is 10. The molecule has 65 heavy (non-hydrogen) atoms. The molecule has 0 aromatic heterocycles. The van der Waals surface area contributed by atoms with Gasteiger partial charge in [-0.05, 0) is 52.4 Å². The molecule has 0 spiro atoms. The van der Waals surface area contributed by atoms with Crippen LogP contribution in [0.2, 0.25) is 0 Å². The van der Waals surface area contributed by atoms with Crippen molar-refractivity contribution in [3.05, 3.63) is 72.9 Å². The Kier molecular flexibility index (Phi) is 23.8. The molecule has 13 N–H and O–H groups in total. The second-order valence-corrected chi connectivity index (χ2v) is 17.8. The lowest BCUT2D eigenvalue weighted by Gasteiger charge is -2.45. The molecule has 3 heterocycles. The molecule has 2 saturated heterocycles. The SMILES string of the molecule is C[C@@H]1[C@H](O)[C@@H](C)C=CC=CCCC=CC=CC=CC=C[C@H](O[C@@H]2O[C@H](C)[C@@H](O)[C@H](N)[C@@H]2O)C[C@@H]2O[C@](O)(C[C@@H](O)[C@H](O)CC[C@@H](O)C[C@@H](O)C[C@@H](O)CC(=O)O[C@H]1C)C[C@H](O)[C@H]2C(=O)O. The zero-order valence-corrected chi connectivity index (χ0v) is 37.8. The first kappa shape index (κ1) is 56.1. The van der Waals surface area contributed by atoms with Gasteiger partial charge in [-0.25, -0.2) is 0 Å². The molecule has 0 aromatic carbocycles. The van der Waals surface area contributed by atoms with Crippen molar-refractivity contribution in [2.45, 2.75) is 189 Å². The molecule has 3 rings (SSSR count). The molecular formula is C47H75NO17. The summed E-state index contributed by atoms with van der Waals surface area (Å²) in [6.07, 6.45) is 2.28. The number of carbonyl (C=O) groups excluding carboxylic acids is 1. The number of aliphatic hydroxyl groups excluding tert-OH is 9. The highest BCUT2D eigenvalue weighted by Crippen LogP contribution is 2.38. The average Bonchev–Trinajstić information content (AvgIpc) is 3.21. The minimum absolute atomic E-state index is 0.138. The molecule has 0 amide bonds. The number of esters is 1. The van der Waals surface area contributed by atoms with Crippen molar-refractivity contribution >= 4 is 11.9 Å². The highest BCUT2D eigenvalue weighted by Gasteiger charge is 2.51. The van der Waals surface area contributed by atoms with Gasteiger partial charge in [-0.15, -0.1) is 0 Å². The molecule has 3 aliphatic rings. The van der Waals surface area contributed by atoms with Crippen LogP contribution in [0.3, 0.4) is 0 Å². The van der Waals surface area contributed by atoms with Gasteiger partial charge in [0, 0.05) is 31.1 Å². The molecule has 2 bridgehead atoms. The van der Waals surface area contributed by atoms with Crippen LogP contribution in [0.15, 0.2) is 72.9 Å². The molecule has 3 aliphatic heterocycles. The molecule has 18 heteroatoms. The lowest BCUT2D eigenvalue weighted by molar-refractivity contribution is -0.310. The number of aliphatic hydroxyl groups is 10. The molecule has 19 atom stereocenters. The fourth-order valence-corrected chi connectivity index (χ4v) is 8.11. The first-order valence-electron chi connectivity index (χ1n) is 22.6. The van der Waals surface area contributed by atoms with Crippen LogP contribution in [0, 0.1) is 17.8 Å². The van der Waals surface area contributed by atoms with Crippen molar-refractivity contribution in [1.82, 2.24) is 0 Å². The molecular weight excluding hydrogens is 851 g/mol. The summed E-state index contributed by atoms with van der Waals surface area (Å²) in [6.45, 7) is 6.78. The van der Waals surface area contributed by atoms with Crippen LogP contribution in [-0.4, -0.2) is 166 Å². The van der Waals surface area contributed by atoms with Gasteiger partial charge in [-0.1, -0.05) is 86.8 Å². The molecule has 0 aliphatic carbocycles. The van der Waals surface area contributed by atoms with Gasteiger partial charge in [-0.3, -0.25) is 9.59 Å². The van der Waals surface area contributed by atoms with E-state index >= 15 is 0 Å². The van der Waals surface area contributed by atoms with E-state index in [0.717, 1.165) is 12.8 Å². The summed E-state index contributed by atoms with van der Waals surface area (Å²) in [5.41, 5.74) is 6.02. The summed E-state index contributed by atoms with van der Waals surface area (Å²) in [6, 6.07) is -1.14. The third kappa shape index (κ3) is 18.8. The van der Waals surface area contributed by atoms with Crippen molar-refractivity contribution in [3.63, 3.8) is 0 Å². The van der Waals surface area contributed by atoms with E-state index in [9.17, 15) is 65.8 Å². The van der Waals surface area contributed by atoms with Gasteiger partial charge in [0.05, 0.1) is 79.6 Å². The molecule has 0 radical (unpaired) electrons. The molecule has 0 unspecified atom stereocenters. The topological polar surface area (TPSA) is 320 Å². The number of carboxylic acids is 1. The molecule has 0 saturated carbocycles. The first-order valence-corrected chi connectivity index (χ1v) is 22.6. The number of rotatable bonds is 3. The largest absolute Gasteiger partial charge is 0.481 e. The number of hydrogen-bond donors (Lipinski definition) is 12. The number of hydrogen-bond acceptors (Lipinski definition) is 17. The van der Waals surface area contributed by atoms with E-state index in [1.54, 1.807) is 38.2 Å². The van der Waals surface area contributed by atoms with Gasteiger partial charge in [0.15, 0.2) is 12.1 Å². The van der Waals surface area contributed by atoms with E-state index in [1.165, 1.54) is 13.0 Å². The quantitative estimate of drug-likeness (QED) is 0.175. The fourth-order valence-electron chi connectivity index (χ4n) is 8.11. The van der Waals surface area contributed by atoms with Crippen LogP contribution < -0.4 is 5.73 Å². The zero-order chi connectivity index (χ0) is 48.4. The predicted octanol–water partition coefficient (Wildman–Crippen LogP) is 0.936. The Labute approximate surface area is 381 Å². The normalized spacial score (nSPS) is 42.3. The lowest BCUT2D eigenvalue weighted by atomic mass is 9.82. The monoisotopic (exact) mass is 926 g/mol. The van der Waals surface area contributed by atoms with Crippen molar-refractivity contribution in [3.8, 4) is 0 Å². The third-order valence-electron chi connectivity index (χ3n) is 12.2. The Bertz CT molecular complexity index is 1620. The Balaban J connectivity index is 1.84. The summed E-state index contributed by atoms with van der Waals surface area (Å²) in [7, 11) is 0. The van der Waals surface area contributed by atoms with E-state index < -0.39 is 141 Å². The van der Waals surface area contributed by atoms with Crippen LogP contribution in [0.4, 0.5) is 0 Å². The van der Waals surface area contributed by atoms with Crippen molar-refractivity contribution in [2.75, 3.05) is 0 Å². The van der Waals surface area contributed by atoms with Gasteiger partial charge in [-0.2, -0.15) is 0 Å². The molecule has 18 nitrogen and oxygen atoms in total. The minimum Gasteiger partial charge on any atom is -0.481 e. The number of cyclic esters (lactones) is 1. The Morgan fingerprint density at radius 3 is 1.94 bits per heavy atom. The van der Waals surface area contributed by atoms with Gasteiger partial charge in [0.2, 0.25) is 0 Å². The smallest absolute Gasteiger partial charge is 0.311 e. The highest BCUT2D eigenvalue weighted by molar-refractivity contribution is 5.71. The number of aliphatic carboxylic acids is 1. The maximum absolute atomic E-state index is 12.6. The van der Waals surface area contributed by atoms with Crippen LogP contribution in [0.1, 0.15) is 91.9 Å². The predicted molar refractivity (Wildman–Crippen MR) is 237 cm³/mol. The molecule has 370 valence electrons. The van der Waals surface area contributed by atoms with Crippen molar-refractivity contribution in [1.29, 1.82) is 0 Å². The van der Waals surface area contributed by atoms with E-state index in [0.29, 0.717) is 0 Å². The minimum atomic E-state index is -2.35. The number of carboxylic acid groups (broad SMARTS) is 1. The maximum Gasteiger partial charge on any atom is 0.311 e. The van der Waals surface area contributed by atoms with Crippen LogP contribution in [0.5, 0.6) is 0 Å². The van der Waals surface area contributed by atoms with Gasteiger partial charge in [0.1, 0.15) is 18.1 Å². The van der Waals surface area contributed by atoms with E-state index in [4.69, 9.17) is 24.7 Å². The Morgan fingerprint density at radius 2 is 1.28 bits per heavy atom. The van der Waals surface area contributed by atoms with Crippen molar-refractivity contribution < 1.29 is 84.7 Å². The number of nitrogens with two attached hydrogens (primary N) is 1. The summed E-state index contributed by atoms with van der Waals surface area (Å²) >= 11 is 0. The Morgan fingerprint density at radius 1 is 0.692 bits per heavy atom. The number of fused-ring (bicyclic) bond motifs is 2. The van der Waals surface area contributed by atoms with Crippen LogP contribution in [-0.2, 0) is 28.5 Å². The Hall–Kier alpha value is -3.18. The average molecular weight is 926 g/mol. The first-order chi connectivity index (χ1) is 30.6. The summed E-state index contributed by atoms with van der Waals surface area (Å²) < 4.78 is 23.2. The highest BCUT2D eigenvalue weighted by atomic mass is 16.7. The maximum atomic E-state index is 12.6. The molecule has 0 aromatic rings. The van der Waals surface area contributed by atoms with Gasteiger partial charge >= 0.3 is 11.9 Å². The fraction of sp³-hybridized carbons (Fsp3) is 0.702. The standard InChI is InChI=1S/C47H75NO17/c1-27-17-15-13-11-9-7-5-6-8-10-12-14-16-18-34(64-46-44(58)41(48)43(57)30(4)63-46)24-38-40(45(59)60)37(54)26-47(61,65-38)25-36(53)35(52)20-19-31(49)21-32(50)22-33(51)23-39(55)62-29(3)28(2)42(27)56/h5-6,8,10-18,27-38,40-44,46,49-54,56-58,61H,7,9,19-26,48H2,1-4H3,(H,59,60)/t27-,28-,29-,30+,31+,32+,33+,34-,35+,36+,37-,38-,40+,41-,42+,43+,44-,46-,47+/m0/s1. The van der Waals surface area contributed by atoms with E-state index in [2.05, 4.69) is 0 Å². The van der Waals surface area contributed by atoms with Gasteiger partial charge < -0.3 is 80.9 Å². The van der Waals surface area contributed by atoms with E-state index in [1.807, 2.05) is 49.5 Å². The van der Waals surface area contributed by atoms with Crippen LogP contribution in [0.25, 0.3) is 0 Å². The lowest BCUT2D eigenvalue weighted by Crippen LogP contribution is -2.61. The van der Waals surface area contributed by atoms with Crippen LogP contribution >= 0.6 is 0 Å². The zero-order valence-electron chi connectivity index (χ0n) is 37.8. The third-order valence-corrected chi connectivity index (χ3v) is 12.2. The summed E-state index contributed by atoms with van der Waals surface area (Å²) in [5.74, 6) is -6.82.